The number of pyridine rings is 1. The molecule has 0 bridgehead atoms. The fourth-order valence-corrected chi connectivity index (χ4v) is 4.19. The van der Waals surface area contributed by atoms with E-state index in [-0.39, 0.29) is 17.6 Å². The van der Waals surface area contributed by atoms with Crippen LogP contribution in [-0.2, 0) is 30.9 Å². The van der Waals surface area contributed by atoms with E-state index in [9.17, 15) is 9.59 Å². The Hall–Kier alpha value is -4.39. The van der Waals surface area contributed by atoms with Crippen LogP contribution in [-0.4, -0.2) is 27.7 Å². The lowest BCUT2D eigenvalue weighted by molar-refractivity contribution is -0.126. The lowest BCUT2D eigenvalue weighted by Gasteiger charge is -2.35. The first-order valence-corrected chi connectivity index (χ1v) is 11.5. The fraction of sp³-hybridized carbons (Fsp3) is 0.179. The molecule has 7 nitrogen and oxygen atoms in total. The van der Waals surface area contributed by atoms with Gasteiger partial charge in [0.15, 0.2) is 5.76 Å². The zero-order chi connectivity index (χ0) is 24.0. The van der Waals surface area contributed by atoms with Crippen LogP contribution in [0, 0.1) is 0 Å². The summed E-state index contributed by atoms with van der Waals surface area (Å²) < 4.78 is 11.1. The Morgan fingerprint density at radius 2 is 1.77 bits per heavy atom. The first kappa shape index (κ1) is 22.4. The van der Waals surface area contributed by atoms with Crippen LogP contribution in [0.15, 0.2) is 95.7 Å². The van der Waals surface area contributed by atoms with E-state index in [2.05, 4.69) is 10.3 Å². The number of benzene rings is 2. The number of nitrogens with zero attached hydrogens (tertiary/aromatic N) is 2. The molecular weight excluding hydrogens is 442 g/mol. The molecular formula is C28H25N3O4. The highest BCUT2D eigenvalue weighted by atomic mass is 16.5. The van der Waals surface area contributed by atoms with Crippen LogP contribution in [0.25, 0.3) is 0 Å². The van der Waals surface area contributed by atoms with Crippen molar-refractivity contribution >= 4 is 11.8 Å². The average molecular weight is 468 g/mol. The highest BCUT2D eigenvalue weighted by molar-refractivity contribution is 5.96. The summed E-state index contributed by atoms with van der Waals surface area (Å²) in [5.74, 6) is 0.187. The third kappa shape index (κ3) is 5.24. The number of furan rings is 1. The minimum Gasteiger partial charge on any atom is -0.473 e. The van der Waals surface area contributed by atoms with Gasteiger partial charge in [0.1, 0.15) is 12.6 Å². The van der Waals surface area contributed by atoms with Gasteiger partial charge in [0.25, 0.3) is 5.91 Å². The van der Waals surface area contributed by atoms with E-state index < -0.39 is 6.04 Å². The standard InChI is InChI=1S/C28H25N3O4/c32-27(30-17-21-12-13-29-26(15-21)35-19-20-7-2-1-3-8-20)24-16-22-9-4-5-10-23(22)18-31(24)28(33)25-11-6-14-34-25/h1-15,24H,16-19H2,(H,30,32). The molecule has 0 aliphatic carbocycles. The lowest BCUT2D eigenvalue weighted by atomic mass is 9.93. The molecule has 2 aromatic heterocycles. The number of carbonyl (C=O) groups excluding carboxylic acids is 2. The molecule has 0 spiro atoms. The molecule has 4 aromatic rings. The molecule has 0 radical (unpaired) electrons. The molecule has 0 saturated carbocycles. The van der Waals surface area contributed by atoms with Crippen molar-refractivity contribution in [1.82, 2.24) is 15.2 Å². The summed E-state index contributed by atoms with van der Waals surface area (Å²) in [6, 6.07) is 24.0. The zero-order valence-corrected chi connectivity index (χ0v) is 19.1. The minimum absolute atomic E-state index is 0.219. The predicted octanol–water partition coefficient (Wildman–Crippen LogP) is 4.14. The second kappa shape index (κ2) is 10.3. The smallest absolute Gasteiger partial charge is 0.290 e. The van der Waals surface area contributed by atoms with Crippen molar-refractivity contribution in [1.29, 1.82) is 0 Å². The minimum atomic E-state index is -0.641. The number of nitrogens with one attached hydrogen (secondary N) is 1. The third-order valence-corrected chi connectivity index (χ3v) is 6.04. The number of amides is 2. The van der Waals surface area contributed by atoms with Crippen LogP contribution in [0.2, 0.25) is 0 Å². The summed E-state index contributed by atoms with van der Waals surface area (Å²) in [6.45, 7) is 1.06. The quantitative estimate of drug-likeness (QED) is 0.442. The van der Waals surface area contributed by atoms with Crippen LogP contribution in [0.1, 0.15) is 32.8 Å². The van der Waals surface area contributed by atoms with Gasteiger partial charge in [0, 0.05) is 31.8 Å². The van der Waals surface area contributed by atoms with Crippen molar-refractivity contribution in [3.63, 3.8) is 0 Å². The van der Waals surface area contributed by atoms with Crippen molar-refractivity contribution in [2.45, 2.75) is 32.2 Å². The van der Waals surface area contributed by atoms with Gasteiger partial charge >= 0.3 is 0 Å². The zero-order valence-electron chi connectivity index (χ0n) is 19.1. The Balaban J connectivity index is 1.27. The molecule has 1 aliphatic heterocycles. The monoisotopic (exact) mass is 467 g/mol. The van der Waals surface area contributed by atoms with Gasteiger partial charge in [0.05, 0.1) is 6.26 Å². The topological polar surface area (TPSA) is 84.7 Å². The summed E-state index contributed by atoms with van der Waals surface area (Å²) in [6.07, 6.45) is 3.56. The maximum absolute atomic E-state index is 13.3. The Morgan fingerprint density at radius 3 is 2.57 bits per heavy atom. The van der Waals surface area contributed by atoms with Gasteiger partial charge < -0.3 is 19.4 Å². The van der Waals surface area contributed by atoms with Crippen LogP contribution in [0.4, 0.5) is 0 Å². The van der Waals surface area contributed by atoms with Gasteiger partial charge in [-0.25, -0.2) is 4.98 Å². The Labute approximate surface area is 203 Å². The first-order chi connectivity index (χ1) is 17.2. The highest BCUT2D eigenvalue weighted by Gasteiger charge is 2.35. The van der Waals surface area contributed by atoms with Crippen LogP contribution < -0.4 is 10.1 Å². The first-order valence-electron chi connectivity index (χ1n) is 11.5. The Morgan fingerprint density at radius 1 is 0.971 bits per heavy atom. The predicted molar refractivity (Wildman–Crippen MR) is 129 cm³/mol. The number of aromatic nitrogens is 1. The molecule has 1 aliphatic rings. The van der Waals surface area contributed by atoms with Crippen molar-refractivity contribution < 1.29 is 18.7 Å². The summed E-state index contributed by atoms with van der Waals surface area (Å²) in [5, 5.41) is 2.98. The van der Waals surface area contributed by atoms with Gasteiger partial charge in [-0.2, -0.15) is 0 Å². The lowest BCUT2D eigenvalue weighted by Crippen LogP contribution is -2.52. The van der Waals surface area contributed by atoms with E-state index in [0.717, 1.165) is 22.3 Å². The number of hydrogen-bond donors (Lipinski definition) is 1. The van der Waals surface area contributed by atoms with Crippen molar-refractivity contribution in [2.75, 3.05) is 0 Å². The van der Waals surface area contributed by atoms with Gasteiger partial charge in [-0.15, -0.1) is 0 Å². The molecule has 1 N–H and O–H groups in total. The van der Waals surface area contributed by atoms with E-state index >= 15 is 0 Å². The van der Waals surface area contributed by atoms with E-state index in [0.29, 0.717) is 32.0 Å². The number of rotatable bonds is 7. The normalized spacial score (nSPS) is 14.7. The van der Waals surface area contributed by atoms with Crippen molar-refractivity contribution in [3.8, 4) is 5.88 Å². The molecule has 0 fully saturated rings. The summed E-state index contributed by atoms with van der Waals surface area (Å²) in [5.41, 5.74) is 4.01. The van der Waals surface area contributed by atoms with E-state index in [1.165, 1.54) is 6.26 Å². The van der Waals surface area contributed by atoms with Crippen molar-refractivity contribution in [2.24, 2.45) is 0 Å². The van der Waals surface area contributed by atoms with E-state index in [1.54, 1.807) is 23.2 Å². The van der Waals surface area contributed by atoms with Crippen molar-refractivity contribution in [3.05, 3.63) is 119 Å². The van der Waals surface area contributed by atoms with Crippen LogP contribution >= 0.6 is 0 Å². The molecule has 0 saturated heterocycles. The Bertz CT molecular complexity index is 1300. The molecule has 2 amide bonds. The molecule has 1 atom stereocenters. The van der Waals surface area contributed by atoms with Crippen LogP contribution in [0.5, 0.6) is 5.88 Å². The maximum Gasteiger partial charge on any atom is 0.290 e. The molecule has 1 unspecified atom stereocenters. The second-order valence-corrected chi connectivity index (χ2v) is 8.39. The number of hydrogen-bond acceptors (Lipinski definition) is 5. The highest BCUT2D eigenvalue weighted by Crippen LogP contribution is 2.25. The molecule has 35 heavy (non-hydrogen) atoms. The summed E-state index contributed by atoms with van der Waals surface area (Å²) >= 11 is 0. The average Bonchev–Trinajstić information content (AvgIpc) is 3.45. The van der Waals surface area contributed by atoms with Gasteiger partial charge in [-0.05, 0) is 40.5 Å². The van der Waals surface area contributed by atoms with E-state index in [1.807, 2.05) is 66.7 Å². The second-order valence-electron chi connectivity index (χ2n) is 8.39. The third-order valence-electron chi connectivity index (χ3n) is 6.04. The fourth-order valence-electron chi connectivity index (χ4n) is 4.19. The molecule has 3 heterocycles. The largest absolute Gasteiger partial charge is 0.473 e. The summed E-state index contributed by atoms with van der Waals surface area (Å²) in [7, 11) is 0. The SMILES string of the molecule is O=C(NCc1ccnc(OCc2ccccc2)c1)C1Cc2ccccc2CN1C(=O)c1ccco1. The van der Waals surface area contributed by atoms with Gasteiger partial charge in [-0.1, -0.05) is 54.6 Å². The van der Waals surface area contributed by atoms with Crippen LogP contribution in [0.3, 0.4) is 0 Å². The molecule has 2 aromatic carbocycles. The van der Waals surface area contributed by atoms with Gasteiger partial charge in [0.2, 0.25) is 11.8 Å². The number of ether oxygens (including phenoxy) is 1. The maximum atomic E-state index is 13.3. The molecule has 7 heteroatoms. The number of fused-ring (bicyclic) bond motifs is 1. The molecule has 176 valence electrons. The molecule has 5 rings (SSSR count). The number of carbonyl (C=O) groups is 2. The van der Waals surface area contributed by atoms with E-state index in [4.69, 9.17) is 9.15 Å². The van der Waals surface area contributed by atoms with Gasteiger partial charge in [-0.3, -0.25) is 9.59 Å². The summed E-state index contributed by atoms with van der Waals surface area (Å²) in [4.78, 5) is 32.2. The Kier molecular flexibility index (Phi) is 6.57.